The van der Waals surface area contributed by atoms with Crippen molar-refractivity contribution in [3.8, 4) is 5.75 Å². The lowest BCUT2D eigenvalue weighted by atomic mass is 10.1. The first-order valence-electron chi connectivity index (χ1n) is 8.69. The first-order chi connectivity index (χ1) is 12.6. The number of carbonyl (C=O) groups is 1. The summed E-state index contributed by atoms with van der Waals surface area (Å²) in [6.07, 6.45) is 0.945. The summed E-state index contributed by atoms with van der Waals surface area (Å²) >= 11 is 0. The molecule has 27 heavy (non-hydrogen) atoms. The van der Waals surface area contributed by atoms with Crippen molar-refractivity contribution < 1.29 is 17.9 Å². The molecule has 0 saturated carbocycles. The lowest BCUT2D eigenvalue weighted by Gasteiger charge is -2.25. The molecule has 0 bridgehead atoms. The van der Waals surface area contributed by atoms with E-state index in [1.54, 1.807) is 30.3 Å². The average molecular weight is 391 g/mol. The fourth-order valence-corrected chi connectivity index (χ4v) is 3.46. The second-order valence-electron chi connectivity index (χ2n) is 6.70. The zero-order chi connectivity index (χ0) is 20.2. The molecule has 1 amide bonds. The molecule has 146 valence electrons. The molecule has 0 saturated heterocycles. The molecule has 0 aromatic heterocycles. The number of nitrogens with one attached hydrogen (secondary N) is 1. The van der Waals surface area contributed by atoms with Gasteiger partial charge in [-0.3, -0.25) is 9.10 Å². The van der Waals surface area contributed by atoms with Gasteiger partial charge in [0, 0.05) is 5.69 Å². The number of rotatable bonds is 7. The standard InChI is InChI=1S/C20H26N2O4S/c1-14(2)26-19-12-7-6-11-18(19)22(27(5,24)25)13-20(23)21-17-10-8-9-15(3)16(17)4/h6-12,14H,13H2,1-5H3,(H,21,23). The Hall–Kier alpha value is -2.54. The normalized spacial score (nSPS) is 11.3. The van der Waals surface area contributed by atoms with E-state index in [-0.39, 0.29) is 12.6 Å². The van der Waals surface area contributed by atoms with Crippen LogP contribution in [0, 0.1) is 13.8 Å². The zero-order valence-electron chi connectivity index (χ0n) is 16.3. The summed E-state index contributed by atoms with van der Waals surface area (Å²) in [7, 11) is -3.69. The van der Waals surface area contributed by atoms with Crippen LogP contribution in [0.1, 0.15) is 25.0 Å². The third kappa shape index (κ3) is 5.47. The van der Waals surface area contributed by atoms with Crippen LogP contribution >= 0.6 is 0 Å². The third-order valence-corrected chi connectivity index (χ3v) is 5.19. The smallest absolute Gasteiger partial charge is 0.245 e. The van der Waals surface area contributed by atoms with Gasteiger partial charge in [0.25, 0.3) is 0 Å². The Morgan fingerprint density at radius 3 is 2.41 bits per heavy atom. The molecule has 0 unspecified atom stereocenters. The van der Waals surface area contributed by atoms with Gasteiger partial charge in [-0.05, 0) is 57.0 Å². The van der Waals surface area contributed by atoms with Crippen LogP contribution in [0.4, 0.5) is 11.4 Å². The van der Waals surface area contributed by atoms with E-state index in [2.05, 4.69) is 5.32 Å². The molecule has 6 nitrogen and oxygen atoms in total. The Balaban J connectivity index is 2.31. The molecular weight excluding hydrogens is 364 g/mol. The molecule has 2 aromatic rings. The molecule has 0 aliphatic rings. The second kappa shape index (κ2) is 8.43. The van der Waals surface area contributed by atoms with E-state index in [4.69, 9.17) is 4.74 Å². The highest BCUT2D eigenvalue weighted by Crippen LogP contribution is 2.30. The minimum atomic E-state index is -3.69. The van der Waals surface area contributed by atoms with E-state index in [9.17, 15) is 13.2 Å². The van der Waals surface area contributed by atoms with Crippen LogP contribution in [0.5, 0.6) is 5.75 Å². The second-order valence-corrected chi connectivity index (χ2v) is 8.61. The van der Waals surface area contributed by atoms with Gasteiger partial charge in [0.2, 0.25) is 15.9 Å². The molecule has 0 aliphatic carbocycles. The maximum Gasteiger partial charge on any atom is 0.245 e. The van der Waals surface area contributed by atoms with Crippen LogP contribution in [0.3, 0.4) is 0 Å². The highest BCUT2D eigenvalue weighted by Gasteiger charge is 2.24. The number of hydrogen-bond donors (Lipinski definition) is 1. The van der Waals surface area contributed by atoms with Crippen LogP contribution in [0.25, 0.3) is 0 Å². The monoisotopic (exact) mass is 390 g/mol. The predicted octanol–water partition coefficient (Wildman–Crippen LogP) is 3.50. The van der Waals surface area contributed by atoms with Crippen LogP contribution in [0.2, 0.25) is 0 Å². The number of carbonyl (C=O) groups excluding carboxylic acids is 1. The topological polar surface area (TPSA) is 75.7 Å². The Kier molecular flexibility index (Phi) is 6.49. The Labute approximate surface area is 161 Å². The van der Waals surface area contributed by atoms with Gasteiger partial charge >= 0.3 is 0 Å². The summed E-state index contributed by atoms with van der Waals surface area (Å²) in [6.45, 7) is 7.23. The summed E-state index contributed by atoms with van der Waals surface area (Å²) in [5.74, 6) is -0.00839. The number of anilines is 2. The van der Waals surface area contributed by atoms with E-state index >= 15 is 0 Å². The molecule has 0 spiro atoms. The maximum absolute atomic E-state index is 12.6. The Bertz CT molecular complexity index is 923. The first-order valence-corrected chi connectivity index (χ1v) is 10.5. The Morgan fingerprint density at radius 1 is 1.11 bits per heavy atom. The average Bonchev–Trinajstić information content (AvgIpc) is 2.56. The minimum absolute atomic E-state index is 0.128. The number of para-hydroxylation sites is 2. The van der Waals surface area contributed by atoms with Crippen molar-refractivity contribution >= 4 is 27.3 Å². The molecule has 7 heteroatoms. The fraction of sp³-hybridized carbons (Fsp3) is 0.350. The lowest BCUT2D eigenvalue weighted by molar-refractivity contribution is -0.114. The van der Waals surface area contributed by atoms with Gasteiger partial charge in [-0.25, -0.2) is 8.42 Å². The van der Waals surface area contributed by atoms with E-state index in [1.807, 2.05) is 39.8 Å². The van der Waals surface area contributed by atoms with Crippen molar-refractivity contribution in [2.75, 3.05) is 22.4 Å². The largest absolute Gasteiger partial charge is 0.489 e. The van der Waals surface area contributed by atoms with Crippen LogP contribution < -0.4 is 14.4 Å². The number of nitrogens with zero attached hydrogens (tertiary/aromatic N) is 1. The van der Waals surface area contributed by atoms with E-state index < -0.39 is 15.9 Å². The molecular formula is C20H26N2O4S. The molecule has 0 atom stereocenters. The molecule has 2 rings (SSSR count). The van der Waals surface area contributed by atoms with Gasteiger partial charge < -0.3 is 10.1 Å². The van der Waals surface area contributed by atoms with Gasteiger partial charge in [0.1, 0.15) is 12.3 Å². The zero-order valence-corrected chi connectivity index (χ0v) is 17.1. The van der Waals surface area contributed by atoms with Crippen LogP contribution in [0.15, 0.2) is 42.5 Å². The van der Waals surface area contributed by atoms with Gasteiger partial charge in [0.15, 0.2) is 0 Å². The number of amides is 1. The Morgan fingerprint density at radius 2 is 1.78 bits per heavy atom. The molecule has 0 aliphatic heterocycles. The van der Waals surface area contributed by atoms with Crippen molar-refractivity contribution in [1.82, 2.24) is 0 Å². The van der Waals surface area contributed by atoms with E-state index in [0.29, 0.717) is 17.1 Å². The quantitative estimate of drug-likeness (QED) is 0.785. The number of aryl methyl sites for hydroxylation is 1. The highest BCUT2D eigenvalue weighted by molar-refractivity contribution is 7.92. The molecule has 0 radical (unpaired) electrons. The number of hydrogen-bond acceptors (Lipinski definition) is 4. The highest BCUT2D eigenvalue weighted by atomic mass is 32.2. The van der Waals surface area contributed by atoms with E-state index in [0.717, 1.165) is 21.7 Å². The van der Waals surface area contributed by atoms with Gasteiger partial charge in [-0.1, -0.05) is 24.3 Å². The van der Waals surface area contributed by atoms with Crippen molar-refractivity contribution in [3.05, 3.63) is 53.6 Å². The molecule has 2 aromatic carbocycles. The first kappa shape index (κ1) is 20.8. The van der Waals surface area contributed by atoms with Crippen molar-refractivity contribution in [1.29, 1.82) is 0 Å². The van der Waals surface area contributed by atoms with Crippen molar-refractivity contribution in [3.63, 3.8) is 0 Å². The summed E-state index contributed by atoms with van der Waals surface area (Å²) < 4.78 is 31.5. The van der Waals surface area contributed by atoms with E-state index in [1.165, 1.54) is 0 Å². The van der Waals surface area contributed by atoms with Gasteiger partial charge in [-0.15, -0.1) is 0 Å². The van der Waals surface area contributed by atoms with Crippen molar-refractivity contribution in [2.45, 2.75) is 33.8 Å². The van der Waals surface area contributed by atoms with Crippen LogP contribution in [-0.2, 0) is 14.8 Å². The summed E-state index contributed by atoms with van der Waals surface area (Å²) in [5.41, 5.74) is 2.99. The maximum atomic E-state index is 12.6. The number of sulfonamides is 1. The van der Waals surface area contributed by atoms with Gasteiger partial charge in [-0.2, -0.15) is 0 Å². The molecule has 1 N–H and O–H groups in total. The SMILES string of the molecule is Cc1cccc(NC(=O)CN(c2ccccc2OC(C)C)S(C)(=O)=O)c1C. The molecule has 0 fully saturated rings. The summed E-state index contributed by atoms with van der Waals surface area (Å²) in [5, 5.41) is 2.80. The fourth-order valence-electron chi connectivity index (χ4n) is 2.60. The van der Waals surface area contributed by atoms with Crippen molar-refractivity contribution in [2.24, 2.45) is 0 Å². The number of benzene rings is 2. The lowest BCUT2D eigenvalue weighted by Crippen LogP contribution is -2.38. The number of ether oxygens (including phenoxy) is 1. The van der Waals surface area contributed by atoms with Gasteiger partial charge in [0.05, 0.1) is 18.0 Å². The van der Waals surface area contributed by atoms with Crippen LogP contribution in [-0.4, -0.2) is 33.2 Å². The minimum Gasteiger partial charge on any atom is -0.489 e. The predicted molar refractivity (Wildman–Crippen MR) is 109 cm³/mol. The molecule has 0 heterocycles. The third-order valence-electron chi connectivity index (χ3n) is 4.06. The summed E-state index contributed by atoms with van der Waals surface area (Å²) in [6, 6.07) is 12.4. The summed E-state index contributed by atoms with van der Waals surface area (Å²) in [4.78, 5) is 12.6.